The Hall–Kier alpha value is -2.57. The average molecular weight is 361 g/mol. The minimum absolute atomic E-state index is 0.331. The number of imide groups is 1. The second-order valence-corrected chi connectivity index (χ2v) is 7.06. The van der Waals surface area contributed by atoms with Crippen LogP contribution in [0, 0.1) is 5.92 Å². The van der Waals surface area contributed by atoms with E-state index in [1.54, 1.807) is 31.2 Å². The summed E-state index contributed by atoms with van der Waals surface area (Å²) >= 11 is 0. The number of urea groups is 1. The third-order valence-electron chi connectivity index (χ3n) is 4.33. The average Bonchev–Trinajstić information content (AvgIpc) is 2.79. The molecule has 1 aliphatic rings. The lowest BCUT2D eigenvalue weighted by Gasteiger charge is -2.22. The van der Waals surface area contributed by atoms with Crippen LogP contribution in [-0.4, -0.2) is 41.4 Å². The zero-order valence-electron chi connectivity index (χ0n) is 15.8. The predicted octanol–water partition coefficient (Wildman–Crippen LogP) is 2.77. The fourth-order valence-electron chi connectivity index (χ4n) is 2.82. The van der Waals surface area contributed by atoms with E-state index in [1.807, 2.05) is 6.92 Å². The fourth-order valence-corrected chi connectivity index (χ4v) is 2.82. The van der Waals surface area contributed by atoms with Crippen molar-refractivity contribution in [1.82, 2.24) is 10.2 Å². The van der Waals surface area contributed by atoms with Gasteiger partial charge in [-0.3, -0.25) is 14.5 Å². The number of carbonyl (C=O) groups is 3. The van der Waals surface area contributed by atoms with Gasteiger partial charge in [-0.05, 0) is 44.7 Å². The van der Waals surface area contributed by atoms with Crippen LogP contribution in [-0.2, 0) is 9.59 Å². The normalized spacial score (nSPS) is 19.7. The highest BCUT2D eigenvalue weighted by molar-refractivity contribution is 6.10. The van der Waals surface area contributed by atoms with Gasteiger partial charge in [-0.25, -0.2) is 4.79 Å². The Bertz CT molecular complexity index is 689. The molecule has 0 aromatic heterocycles. The smallest absolute Gasteiger partial charge is 0.325 e. The number of amides is 4. The molecule has 2 rings (SSSR count). The summed E-state index contributed by atoms with van der Waals surface area (Å²) in [5.41, 5.74) is -0.445. The third-order valence-corrected chi connectivity index (χ3v) is 4.33. The van der Waals surface area contributed by atoms with E-state index in [0.717, 1.165) is 11.3 Å². The number of anilines is 1. The first-order chi connectivity index (χ1) is 12.3. The van der Waals surface area contributed by atoms with Crippen LogP contribution in [0.5, 0.6) is 5.75 Å². The minimum atomic E-state index is -0.954. The molecule has 142 valence electrons. The maximum Gasteiger partial charge on any atom is 0.325 e. The summed E-state index contributed by atoms with van der Waals surface area (Å²) in [6.45, 7) is 7.82. The number of rotatable bonds is 8. The summed E-state index contributed by atoms with van der Waals surface area (Å²) in [7, 11) is 0. The molecule has 1 saturated heterocycles. The van der Waals surface area contributed by atoms with Crippen LogP contribution in [0.3, 0.4) is 0 Å². The Morgan fingerprint density at radius 1 is 1.31 bits per heavy atom. The standard InChI is InChI=1S/C19H27N3O4/c1-5-26-15-9-7-6-8-14(15)20-16(23)12-22-17(24)19(4,21-18(22)25)11-10-13(2)3/h6-9,13H,5,10-12H2,1-4H3,(H,20,23)(H,21,25)/t19-/m1/s1. The first kappa shape index (κ1) is 19.8. The van der Waals surface area contributed by atoms with Crippen LogP contribution in [0.4, 0.5) is 10.5 Å². The fraction of sp³-hybridized carbons (Fsp3) is 0.526. The number of nitrogens with one attached hydrogen (secondary N) is 2. The van der Waals surface area contributed by atoms with Gasteiger partial charge in [0.1, 0.15) is 17.8 Å². The summed E-state index contributed by atoms with van der Waals surface area (Å²) in [6, 6.07) is 6.50. The Kier molecular flexibility index (Phi) is 6.23. The Morgan fingerprint density at radius 3 is 2.65 bits per heavy atom. The van der Waals surface area contributed by atoms with Gasteiger partial charge < -0.3 is 15.4 Å². The van der Waals surface area contributed by atoms with Gasteiger partial charge in [-0.2, -0.15) is 0 Å². The van der Waals surface area contributed by atoms with E-state index in [0.29, 0.717) is 30.4 Å². The first-order valence-corrected chi connectivity index (χ1v) is 8.92. The highest BCUT2D eigenvalue weighted by atomic mass is 16.5. The highest BCUT2D eigenvalue weighted by Crippen LogP contribution is 2.26. The van der Waals surface area contributed by atoms with E-state index in [1.165, 1.54) is 0 Å². The van der Waals surface area contributed by atoms with Gasteiger partial charge in [-0.1, -0.05) is 26.0 Å². The highest BCUT2D eigenvalue weighted by Gasteiger charge is 2.47. The molecular formula is C19H27N3O4. The molecule has 1 heterocycles. The van der Waals surface area contributed by atoms with Crippen LogP contribution < -0.4 is 15.4 Å². The minimum Gasteiger partial charge on any atom is -0.492 e. The van der Waals surface area contributed by atoms with Gasteiger partial charge in [0, 0.05) is 0 Å². The largest absolute Gasteiger partial charge is 0.492 e. The molecule has 0 saturated carbocycles. The molecule has 1 aromatic rings. The van der Waals surface area contributed by atoms with Crippen LogP contribution in [0.15, 0.2) is 24.3 Å². The molecule has 7 heteroatoms. The van der Waals surface area contributed by atoms with Crippen molar-refractivity contribution in [3.63, 3.8) is 0 Å². The van der Waals surface area contributed by atoms with Crippen molar-refractivity contribution in [2.75, 3.05) is 18.5 Å². The third kappa shape index (κ3) is 4.53. The summed E-state index contributed by atoms with van der Waals surface area (Å²) in [5.74, 6) is 0.149. The first-order valence-electron chi connectivity index (χ1n) is 8.92. The van der Waals surface area contributed by atoms with Gasteiger partial charge in [0.05, 0.1) is 12.3 Å². The quantitative estimate of drug-likeness (QED) is 0.697. The molecule has 0 unspecified atom stereocenters. The number of para-hydroxylation sites is 2. The monoisotopic (exact) mass is 361 g/mol. The zero-order chi connectivity index (χ0) is 19.3. The van der Waals surface area contributed by atoms with Crippen molar-refractivity contribution < 1.29 is 19.1 Å². The van der Waals surface area contributed by atoms with Crippen molar-refractivity contribution in [2.45, 2.75) is 46.1 Å². The molecule has 1 fully saturated rings. The summed E-state index contributed by atoms with van der Waals surface area (Å²) < 4.78 is 5.46. The van der Waals surface area contributed by atoms with Crippen LogP contribution in [0.1, 0.15) is 40.5 Å². The van der Waals surface area contributed by atoms with Crippen molar-refractivity contribution >= 4 is 23.5 Å². The molecule has 26 heavy (non-hydrogen) atoms. The van der Waals surface area contributed by atoms with Gasteiger partial charge >= 0.3 is 6.03 Å². The number of nitrogens with zero attached hydrogens (tertiary/aromatic N) is 1. The van der Waals surface area contributed by atoms with Gasteiger partial charge in [0.2, 0.25) is 5.91 Å². The SMILES string of the molecule is CCOc1ccccc1NC(=O)CN1C(=O)N[C@](C)(CCC(C)C)C1=O. The van der Waals surface area contributed by atoms with Gasteiger partial charge in [0.25, 0.3) is 5.91 Å². The maximum absolute atomic E-state index is 12.6. The van der Waals surface area contributed by atoms with E-state index in [9.17, 15) is 14.4 Å². The number of ether oxygens (including phenoxy) is 1. The van der Waals surface area contributed by atoms with E-state index >= 15 is 0 Å². The molecule has 0 aliphatic carbocycles. The molecule has 1 atom stereocenters. The summed E-state index contributed by atoms with van der Waals surface area (Å²) in [6.07, 6.45) is 1.35. The zero-order valence-corrected chi connectivity index (χ0v) is 15.8. The van der Waals surface area contributed by atoms with Crippen LogP contribution in [0.25, 0.3) is 0 Å². The molecule has 2 N–H and O–H groups in total. The van der Waals surface area contributed by atoms with E-state index in [4.69, 9.17) is 4.74 Å². The van der Waals surface area contributed by atoms with Gasteiger partial charge in [0.15, 0.2) is 0 Å². The topological polar surface area (TPSA) is 87.7 Å². The molecule has 0 radical (unpaired) electrons. The lowest BCUT2D eigenvalue weighted by molar-refractivity contribution is -0.133. The molecule has 4 amide bonds. The molecular weight excluding hydrogens is 334 g/mol. The van der Waals surface area contributed by atoms with E-state index in [-0.39, 0.29) is 12.5 Å². The second kappa shape index (κ2) is 8.21. The Morgan fingerprint density at radius 2 is 2.00 bits per heavy atom. The number of carbonyl (C=O) groups excluding carboxylic acids is 3. The van der Waals surface area contributed by atoms with Gasteiger partial charge in [-0.15, -0.1) is 0 Å². The van der Waals surface area contributed by atoms with E-state index in [2.05, 4.69) is 24.5 Å². The van der Waals surface area contributed by atoms with Crippen molar-refractivity contribution in [2.24, 2.45) is 5.92 Å². The van der Waals surface area contributed by atoms with E-state index < -0.39 is 17.5 Å². The predicted molar refractivity (Wildman–Crippen MR) is 99.0 cm³/mol. The number of hydrogen-bond donors (Lipinski definition) is 2. The molecule has 0 spiro atoms. The maximum atomic E-state index is 12.6. The molecule has 7 nitrogen and oxygen atoms in total. The molecule has 1 aliphatic heterocycles. The molecule has 1 aromatic carbocycles. The number of benzene rings is 1. The lowest BCUT2D eigenvalue weighted by Crippen LogP contribution is -2.44. The Labute approximate surface area is 154 Å². The van der Waals surface area contributed by atoms with Crippen LogP contribution in [0.2, 0.25) is 0 Å². The lowest BCUT2D eigenvalue weighted by atomic mass is 9.92. The summed E-state index contributed by atoms with van der Waals surface area (Å²) in [4.78, 5) is 38.2. The second-order valence-electron chi connectivity index (χ2n) is 7.06. The number of hydrogen-bond acceptors (Lipinski definition) is 4. The Balaban J connectivity index is 2.03. The molecule has 0 bridgehead atoms. The van der Waals surface area contributed by atoms with Crippen molar-refractivity contribution in [1.29, 1.82) is 0 Å². The van der Waals surface area contributed by atoms with Crippen molar-refractivity contribution in [3.8, 4) is 5.75 Å². The van der Waals surface area contributed by atoms with Crippen molar-refractivity contribution in [3.05, 3.63) is 24.3 Å². The summed E-state index contributed by atoms with van der Waals surface area (Å²) in [5, 5.41) is 5.42. The van der Waals surface area contributed by atoms with Crippen LogP contribution >= 0.6 is 0 Å².